The van der Waals surface area contributed by atoms with E-state index in [0.717, 1.165) is 19.3 Å². The van der Waals surface area contributed by atoms with Crippen LogP contribution in [-0.4, -0.2) is 29.2 Å². The van der Waals surface area contributed by atoms with E-state index in [1.165, 1.54) is 5.56 Å². The summed E-state index contributed by atoms with van der Waals surface area (Å²) in [5.41, 5.74) is 1.26. The van der Waals surface area contributed by atoms with Crippen LogP contribution in [-0.2, 0) is 11.2 Å². The van der Waals surface area contributed by atoms with E-state index in [0.29, 0.717) is 0 Å². The molecule has 0 bridgehead atoms. The molecule has 3 heteroatoms. The van der Waals surface area contributed by atoms with Crippen LogP contribution >= 0.6 is 0 Å². The number of hydrogen-bond donors (Lipinski definition) is 0. The summed E-state index contributed by atoms with van der Waals surface area (Å²) >= 11 is 0. The van der Waals surface area contributed by atoms with Crippen LogP contribution in [0.1, 0.15) is 25.3 Å². The SMILES string of the molecule is CC[C@@H]1OC(=O)N2[C@@H](Cc3ccccc3)C=CC[C@@H]12. The van der Waals surface area contributed by atoms with Crippen molar-refractivity contribution in [3.8, 4) is 0 Å². The average Bonchev–Trinajstić information content (AvgIpc) is 2.78. The highest BCUT2D eigenvalue weighted by Gasteiger charge is 2.44. The number of rotatable bonds is 3. The van der Waals surface area contributed by atoms with Crippen molar-refractivity contribution in [2.45, 2.75) is 44.4 Å². The Labute approximate surface area is 113 Å². The lowest BCUT2D eigenvalue weighted by Crippen LogP contribution is -2.45. The molecule has 3 rings (SSSR count). The van der Waals surface area contributed by atoms with E-state index in [4.69, 9.17) is 4.74 Å². The fourth-order valence-electron chi connectivity index (χ4n) is 3.08. The minimum atomic E-state index is -0.151. The molecule has 1 aromatic rings. The summed E-state index contributed by atoms with van der Waals surface area (Å²) in [5.74, 6) is 0. The van der Waals surface area contributed by atoms with Crippen molar-refractivity contribution in [2.75, 3.05) is 0 Å². The predicted octanol–water partition coefficient (Wildman–Crippen LogP) is 3.16. The van der Waals surface area contributed by atoms with E-state index in [-0.39, 0.29) is 24.3 Å². The van der Waals surface area contributed by atoms with Crippen LogP contribution in [0.2, 0.25) is 0 Å². The van der Waals surface area contributed by atoms with Crippen LogP contribution in [0.4, 0.5) is 4.79 Å². The zero-order valence-electron chi connectivity index (χ0n) is 11.2. The van der Waals surface area contributed by atoms with Gasteiger partial charge in [-0.15, -0.1) is 0 Å². The van der Waals surface area contributed by atoms with E-state index < -0.39 is 0 Å². The van der Waals surface area contributed by atoms with Crippen molar-refractivity contribution < 1.29 is 9.53 Å². The third kappa shape index (κ3) is 2.25. The van der Waals surface area contributed by atoms with Crippen molar-refractivity contribution in [1.29, 1.82) is 0 Å². The maximum absolute atomic E-state index is 12.0. The highest BCUT2D eigenvalue weighted by Crippen LogP contribution is 2.31. The first kappa shape index (κ1) is 12.3. The topological polar surface area (TPSA) is 29.5 Å². The largest absolute Gasteiger partial charge is 0.444 e. The van der Waals surface area contributed by atoms with E-state index in [1.807, 2.05) is 23.1 Å². The normalized spacial score (nSPS) is 29.2. The average molecular weight is 257 g/mol. The Balaban J connectivity index is 1.80. The smallest absolute Gasteiger partial charge is 0.411 e. The number of carbonyl (C=O) groups excluding carboxylic acids is 1. The van der Waals surface area contributed by atoms with Crippen LogP contribution in [0, 0.1) is 0 Å². The molecule has 100 valence electrons. The third-order valence-electron chi connectivity index (χ3n) is 4.03. The Morgan fingerprint density at radius 2 is 2.11 bits per heavy atom. The molecular formula is C16H19NO2. The minimum absolute atomic E-state index is 0.0516. The zero-order chi connectivity index (χ0) is 13.2. The van der Waals surface area contributed by atoms with Gasteiger partial charge in [0.1, 0.15) is 6.10 Å². The van der Waals surface area contributed by atoms with Gasteiger partial charge in [-0.25, -0.2) is 4.79 Å². The number of cyclic esters (lactones) is 1. The summed E-state index contributed by atoms with van der Waals surface area (Å²) in [5, 5.41) is 0. The summed E-state index contributed by atoms with van der Waals surface area (Å²) in [4.78, 5) is 14.0. The summed E-state index contributed by atoms with van der Waals surface area (Å²) in [6.07, 6.45) is 6.90. The highest BCUT2D eigenvalue weighted by molar-refractivity contribution is 5.72. The molecule has 2 heterocycles. The molecule has 2 aliphatic rings. The minimum Gasteiger partial charge on any atom is -0.444 e. The van der Waals surface area contributed by atoms with Gasteiger partial charge in [-0.2, -0.15) is 0 Å². The van der Waals surface area contributed by atoms with Gasteiger partial charge in [0.05, 0.1) is 12.1 Å². The second-order valence-corrected chi connectivity index (χ2v) is 5.23. The van der Waals surface area contributed by atoms with Gasteiger partial charge in [-0.1, -0.05) is 49.4 Å². The molecule has 2 aliphatic heterocycles. The molecule has 0 spiro atoms. The predicted molar refractivity (Wildman–Crippen MR) is 73.9 cm³/mol. The fraction of sp³-hybridized carbons (Fsp3) is 0.438. The molecule has 0 aromatic heterocycles. The molecule has 3 atom stereocenters. The highest BCUT2D eigenvalue weighted by atomic mass is 16.6. The quantitative estimate of drug-likeness (QED) is 0.778. The second-order valence-electron chi connectivity index (χ2n) is 5.23. The van der Waals surface area contributed by atoms with E-state index >= 15 is 0 Å². The van der Waals surface area contributed by atoms with E-state index in [1.54, 1.807) is 0 Å². The van der Waals surface area contributed by atoms with Crippen LogP contribution in [0.3, 0.4) is 0 Å². The van der Waals surface area contributed by atoms with Gasteiger partial charge in [-0.05, 0) is 24.8 Å². The standard InChI is InChI=1S/C16H19NO2/c1-2-15-14-10-6-9-13(17(14)16(18)19-15)11-12-7-4-3-5-8-12/h3-9,13-15H,2,10-11H2,1H3/t13-,14+,15+/m1/s1. The molecule has 1 saturated heterocycles. The first-order chi connectivity index (χ1) is 9.29. The molecule has 0 radical (unpaired) electrons. The first-order valence-corrected chi connectivity index (χ1v) is 6.99. The fourth-order valence-corrected chi connectivity index (χ4v) is 3.08. The number of amides is 1. The summed E-state index contributed by atoms with van der Waals surface area (Å²) in [6, 6.07) is 10.7. The number of ether oxygens (including phenoxy) is 1. The van der Waals surface area contributed by atoms with Crippen molar-refractivity contribution in [2.24, 2.45) is 0 Å². The van der Waals surface area contributed by atoms with Gasteiger partial charge in [0, 0.05) is 0 Å². The third-order valence-corrected chi connectivity index (χ3v) is 4.03. The number of fused-ring (bicyclic) bond motifs is 1. The second kappa shape index (κ2) is 5.08. The van der Waals surface area contributed by atoms with Crippen LogP contribution in [0.25, 0.3) is 0 Å². The lowest BCUT2D eigenvalue weighted by Gasteiger charge is -2.33. The number of nitrogens with zero attached hydrogens (tertiary/aromatic N) is 1. The summed E-state index contributed by atoms with van der Waals surface area (Å²) < 4.78 is 5.47. The van der Waals surface area contributed by atoms with Crippen molar-refractivity contribution in [3.63, 3.8) is 0 Å². The molecule has 0 saturated carbocycles. The summed E-state index contributed by atoms with van der Waals surface area (Å²) in [6.45, 7) is 2.08. The van der Waals surface area contributed by atoms with E-state index in [2.05, 4.69) is 31.2 Å². The van der Waals surface area contributed by atoms with Gasteiger partial charge in [0.15, 0.2) is 0 Å². The molecular weight excluding hydrogens is 238 g/mol. The zero-order valence-corrected chi connectivity index (χ0v) is 11.2. The first-order valence-electron chi connectivity index (χ1n) is 6.99. The number of hydrogen-bond acceptors (Lipinski definition) is 2. The van der Waals surface area contributed by atoms with Gasteiger partial charge < -0.3 is 4.74 Å². The van der Waals surface area contributed by atoms with Gasteiger partial charge in [0.2, 0.25) is 0 Å². The lowest BCUT2D eigenvalue weighted by atomic mass is 9.95. The molecule has 0 aliphatic carbocycles. The van der Waals surface area contributed by atoms with Gasteiger partial charge in [0.25, 0.3) is 0 Å². The Kier molecular flexibility index (Phi) is 3.28. The maximum Gasteiger partial charge on any atom is 0.411 e. The molecule has 0 N–H and O–H groups in total. The number of benzene rings is 1. The Hall–Kier alpha value is -1.77. The molecule has 1 amide bonds. The summed E-state index contributed by atoms with van der Waals surface area (Å²) in [7, 11) is 0. The molecule has 1 fully saturated rings. The van der Waals surface area contributed by atoms with Gasteiger partial charge >= 0.3 is 6.09 Å². The van der Waals surface area contributed by atoms with E-state index in [9.17, 15) is 4.79 Å². The molecule has 0 unspecified atom stereocenters. The number of carbonyl (C=O) groups is 1. The van der Waals surface area contributed by atoms with Crippen molar-refractivity contribution >= 4 is 6.09 Å². The monoisotopic (exact) mass is 257 g/mol. The Morgan fingerprint density at radius 3 is 2.84 bits per heavy atom. The van der Waals surface area contributed by atoms with Crippen LogP contribution < -0.4 is 0 Å². The molecule has 19 heavy (non-hydrogen) atoms. The van der Waals surface area contributed by atoms with Crippen molar-refractivity contribution in [3.05, 3.63) is 48.0 Å². The van der Waals surface area contributed by atoms with Crippen LogP contribution in [0.15, 0.2) is 42.5 Å². The van der Waals surface area contributed by atoms with Crippen LogP contribution in [0.5, 0.6) is 0 Å². The molecule has 3 nitrogen and oxygen atoms in total. The maximum atomic E-state index is 12.0. The lowest BCUT2D eigenvalue weighted by molar-refractivity contribution is 0.127. The van der Waals surface area contributed by atoms with Crippen molar-refractivity contribution in [1.82, 2.24) is 4.90 Å². The molecule has 1 aromatic carbocycles. The van der Waals surface area contributed by atoms with Gasteiger partial charge in [-0.3, -0.25) is 4.90 Å². The Morgan fingerprint density at radius 1 is 1.32 bits per heavy atom. The Bertz CT molecular complexity index is 483.